The molecule has 0 unspecified atom stereocenters. The molecule has 3 aromatic rings. The van der Waals surface area contributed by atoms with E-state index < -0.39 is 5.97 Å². The predicted molar refractivity (Wildman–Crippen MR) is 105 cm³/mol. The van der Waals surface area contributed by atoms with Gasteiger partial charge in [-0.25, -0.2) is 4.79 Å². The quantitative estimate of drug-likeness (QED) is 0.364. The largest absolute Gasteiger partial charge is 0.497 e. The standard InChI is InChI=1S/C22H19NO4/c1-25-19-9-3-16(4-10-19)15-23-18-7-5-17(6-8-18)22(24)27-21-13-11-20(26-2)12-14-21/h3-15H,1-2H3. The summed E-state index contributed by atoms with van der Waals surface area (Å²) in [5.74, 6) is 1.54. The molecule has 0 atom stereocenters. The summed E-state index contributed by atoms with van der Waals surface area (Å²) in [6.07, 6.45) is 1.75. The molecule has 0 fully saturated rings. The Kier molecular flexibility index (Phi) is 5.84. The molecule has 5 heteroatoms. The number of aliphatic imine (C=N–C) groups is 1. The molecule has 5 nitrogen and oxygen atoms in total. The van der Waals surface area contributed by atoms with Gasteiger partial charge in [-0.3, -0.25) is 4.99 Å². The highest BCUT2D eigenvalue weighted by Gasteiger charge is 2.08. The van der Waals surface area contributed by atoms with Crippen molar-refractivity contribution in [1.29, 1.82) is 0 Å². The van der Waals surface area contributed by atoms with Gasteiger partial charge >= 0.3 is 5.97 Å². The Morgan fingerprint density at radius 3 is 1.81 bits per heavy atom. The number of benzene rings is 3. The van der Waals surface area contributed by atoms with Crippen LogP contribution in [0.2, 0.25) is 0 Å². The molecule has 0 aliphatic rings. The van der Waals surface area contributed by atoms with E-state index in [1.807, 2.05) is 24.3 Å². The van der Waals surface area contributed by atoms with Crippen molar-refractivity contribution >= 4 is 17.9 Å². The Morgan fingerprint density at radius 2 is 1.26 bits per heavy atom. The molecule has 27 heavy (non-hydrogen) atoms. The molecule has 0 aromatic heterocycles. The fraction of sp³-hybridized carbons (Fsp3) is 0.0909. The van der Waals surface area contributed by atoms with Gasteiger partial charge in [-0.05, 0) is 78.4 Å². The molecule has 136 valence electrons. The Labute approximate surface area is 157 Å². The molecule has 3 rings (SSSR count). The summed E-state index contributed by atoms with van der Waals surface area (Å²) in [4.78, 5) is 16.6. The van der Waals surface area contributed by atoms with Gasteiger partial charge in [0.1, 0.15) is 17.2 Å². The third-order valence-electron chi connectivity index (χ3n) is 3.85. The van der Waals surface area contributed by atoms with E-state index in [-0.39, 0.29) is 0 Å². The number of carbonyl (C=O) groups is 1. The number of ether oxygens (including phenoxy) is 3. The van der Waals surface area contributed by atoms with Gasteiger partial charge in [-0.2, -0.15) is 0 Å². The van der Waals surface area contributed by atoms with Crippen molar-refractivity contribution in [3.63, 3.8) is 0 Å². The fourth-order valence-electron chi connectivity index (χ4n) is 2.33. The molecule has 0 aliphatic heterocycles. The zero-order chi connectivity index (χ0) is 19.1. The maximum Gasteiger partial charge on any atom is 0.343 e. The molecule has 0 aliphatic carbocycles. The first kappa shape index (κ1) is 18.2. The number of carbonyl (C=O) groups excluding carboxylic acids is 1. The van der Waals surface area contributed by atoms with Crippen LogP contribution in [0.15, 0.2) is 77.8 Å². The molecule has 0 saturated carbocycles. The number of nitrogens with zero attached hydrogens (tertiary/aromatic N) is 1. The van der Waals surface area contributed by atoms with Crippen LogP contribution >= 0.6 is 0 Å². The van der Waals surface area contributed by atoms with E-state index in [0.29, 0.717) is 17.1 Å². The van der Waals surface area contributed by atoms with Gasteiger partial charge in [-0.1, -0.05) is 0 Å². The summed E-state index contributed by atoms with van der Waals surface area (Å²) in [5.41, 5.74) is 2.15. The molecule has 0 amide bonds. The van der Waals surface area contributed by atoms with Gasteiger partial charge in [0.05, 0.1) is 25.5 Å². The van der Waals surface area contributed by atoms with E-state index in [9.17, 15) is 4.79 Å². The Hall–Kier alpha value is -3.60. The number of rotatable bonds is 6. The lowest BCUT2D eigenvalue weighted by molar-refractivity contribution is 0.0734. The molecular weight excluding hydrogens is 342 g/mol. The maximum absolute atomic E-state index is 12.2. The average Bonchev–Trinajstić information content (AvgIpc) is 2.73. The summed E-state index contributed by atoms with van der Waals surface area (Å²) >= 11 is 0. The van der Waals surface area contributed by atoms with E-state index >= 15 is 0 Å². The minimum Gasteiger partial charge on any atom is -0.497 e. The first-order chi connectivity index (χ1) is 13.2. The molecule has 0 radical (unpaired) electrons. The van der Waals surface area contributed by atoms with Crippen molar-refractivity contribution in [3.8, 4) is 17.2 Å². The summed E-state index contributed by atoms with van der Waals surface area (Å²) in [6.45, 7) is 0. The minimum absolute atomic E-state index is 0.425. The topological polar surface area (TPSA) is 57.1 Å². The van der Waals surface area contributed by atoms with E-state index in [1.54, 1.807) is 69.0 Å². The molecule has 0 N–H and O–H groups in total. The lowest BCUT2D eigenvalue weighted by Gasteiger charge is -2.05. The molecule has 0 saturated heterocycles. The molecule has 0 heterocycles. The minimum atomic E-state index is -0.425. The Morgan fingerprint density at radius 1 is 0.741 bits per heavy atom. The van der Waals surface area contributed by atoms with Crippen molar-refractivity contribution in [2.75, 3.05) is 14.2 Å². The third kappa shape index (κ3) is 4.95. The highest BCUT2D eigenvalue weighted by molar-refractivity contribution is 5.91. The lowest BCUT2D eigenvalue weighted by Crippen LogP contribution is -2.08. The zero-order valence-corrected chi connectivity index (χ0v) is 15.1. The van der Waals surface area contributed by atoms with E-state index in [1.165, 1.54) is 0 Å². The van der Waals surface area contributed by atoms with Gasteiger partial charge in [0.25, 0.3) is 0 Å². The fourth-order valence-corrected chi connectivity index (χ4v) is 2.33. The second-order valence-corrected chi connectivity index (χ2v) is 5.64. The van der Waals surface area contributed by atoms with Crippen molar-refractivity contribution in [2.24, 2.45) is 4.99 Å². The summed E-state index contributed by atoms with van der Waals surface area (Å²) in [6, 6.07) is 21.3. The molecule has 0 spiro atoms. The van der Waals surface area contributed by atoms with Gasteiger partial charge in [-0.15, -0.1) is 0 Å². The van der Waals surface area contributed by atoms with Crippen molar-refractivity contribution in [3.05, 3.63) is 83.9 Å². The van der Waals surface area contributed by atoms with E-state index in [0.717, 1.165) is 17.0 Å². The van der Waals surface area contributed by atoms with Crippen LogP contribution in [-0.4, -0.2) is 26.4 Å². The van der Waals surface area contributed by atoms with Crippen LogP contribution in [-0.2, 0) is 0 Å². The second-order valence-electron chi connectivity index (χ2n) is 5.64. The highest BCUT2D eigenvalue weighted by atomic mass is 16.5. The van der Waals surface area contributed by atoms with E-state index in [4.69, 9.17) is 14.2 Å². The van der Waals surface area contributed by atoms with Crippen LogP contribution in [0.25, 0.3) is 0 Å². The molecule has 0 bridgehead atoms. The summed E-state index contributed by atoms with van der Waals surface area (Å²) < 4.78 is 15.6. The van der Waals surface area contributed by atoms with Crippen LogP contribution in [0, 0.1) is 0 Å². The Bertz CT molecular complexity index is 914. The number of hydrogen-bond acceptors (Lipinski definition) is 5. The predicted octanol–water partition coefficient (Wildman–Crippen LogP) is 4.67. The van der Waals surface area contributed by atoms with Crippen molar-refractivity contribution < 1.29 is 19.0 Å². The normalized spacial score (nSPS) is 10.6. The van der Waals surface area contributed by atoms with Crippen molar-refractivity contribution in [2.45, 2.75) is 0 Å². The maximum atomic E-state index is 12.2. The van der Waals surface area contributed by atoms with E-state index in [2.05, 4.69) is 4.99 Å². The molecular formula is C22H19NO4. The summed E-state index contributed by atoms with van der Waals surface area (Å²) in [7, 11) is 3.21. The van der Waals surface area contributed by atoms with Gasteiger partial charge < -0.3 is 14.2 Å². The third-order valence-corrected chi connectivity index (χ3v) is 3.85. The SMILES string of the molecule is COc1ccc(C=Nc2ccc(C(=O)Oc3ccc(OC)cc3)cc2)cc1. The summed E-state index contributed by atoms with van der Waals surface area (Å²) in [5, 5.41) is 0. The van der Waals surface area contributed by atoms with Crippen LogP contribution in [0.4, 0.5) is 5.69 Å². The highest BCUT2D eigenvalue weighted by Crippen LogP contribution is 2.19. The number of hydrogen-bond donors (Lipinski definition) is 0. The smallest absolute Gasteiger partial charge is 0.343 e. The molecule has 3 aromatic carbocycles. The van der Waals surface area contributed by atoms with Crippen LogP contribution in [0.3, 0.4) is 0 Å². The average molecular weight is 361 g/mol. The van der Waals surface area contributed by atoms with Crippen LogP contribution in [0.1, 0.15) is 15.9 Å². The van der Waals surface area contributed by atoms with Crippen LogP contribution < -0.4 is 14.2 Å². The van der Waals surface area contributed by atoms with Crippen LogP contribution in [0.5, 0.6) is 17.2 Å². The second kappa shape index (κ2) is 8.67. The first-order valence-electron chi connectivity index (χ1n) is 8.32. The number of esters is 1. The van der Waals surface area contributed by atoms with Crippen molar-refractivity contribution in [1.82, 2.24) is 0 Å². The Balaban J connectivity index is 1.63. The van der Waals surface area contributed by atoms with Gasteiger partial charge in [0, 0.05) is 6.21 Å². The monoisotopic (exact) mass is 361 g/mol. The lowest BCUT2D eigenvalue weighted by atomic mass is 10.2. The first-order valence-corrected chi connectivity index (χ1v) is 8.32. The van der Waals surface area contributed by atoms with Gasteiger partial charge in [0.15, 0.2) is 0 Å². The zero-order valence-electron chi connectivity index (χ0n) is 15.1. The van der Waals surface area contributed by atoms with Gasteiger partial charge in [0.2, 0.25) is 0 Å². The number of methoxy groups -OCH3 is 2.